The number of halogens is 1. The Morgan fingerprint density at radius 2 is 2.04 bits per heavy atom. The topological polar surface area (TPSA) is 68.2 Å². The molecular formula is C18H17FN4O. The van der Waals surface area contributed by atoms with E-state index < -0.39 is 0 Å². The lowest BCUT2D eigenvalue weighted by Gasteiger charge is -2.26. The van der Waals surface area contributed by atoms with E-state index >= 15 is 0 Å². The Bertz CT molecular complexity index is 833. The molecule has 1 atom stereocenters. The molecule has 6 heteroatoms. The summed E-state index contributed by atoms with van der Waals surface area (Å²) in [5.74, 6) is 0.891. The standard InChI is InChI=1S/C18H17FN4O/c19-14-5-3-12(4-6-14)15-2-1-8-23(15)16-10-21-17(18(20)22-16)13-7-9-24-11-13/h3-7,9-11,15H,1-2,8H2,(H2,20,22). The molecule has 1 saturated heterocycles. The van der Waals surface area contributed by atoms with Crippen molar-refractivity contribution in [3.05, 3.63) is 60.4 Å². The van der Waals surface area contributed by atoms with Crippen molar-refractivity contribution in [1.29, 1.82) is 0 Å². The van der Waals surface area contributed by atoms with E-state index in [0.717, 1.165) is 36.3 Å². The van der Waals surface area contributed by atoms with E-state index in [4.69, 9.17) is 10.2 Å². The third-order valence-electron chi connectivity index (χ3n) is 4.38. The van der Waals surface area contributed by atoms with E-state index in [-0.39, 0.29) is 11.9 Å². The van der Waals surface area contributed by atoms with Gasteiger partial charge in [0, 0.05) is 12.1 Å². The molecule has 0 aliphatic carbocycles. The number of benzene rings is 1. The monoisotopic (exact) mass is 324 g/mol. The maximum Gasteiger partial charge on any atom is 0.152 e. The van der Waals surface area contributed by atoms with Gasteiger partial charge in [0.25, 0.3) is 0 Å². The van der Waals surface area contributed by atoms with Crippen LogP contribution in [0.2, 0.25) is 0 Å². The number of aromatic nitrogens is 2. The van der Waals surface area contributed by atoms with Gasteiger partial charge in [-0.3, -0.25) is 0 Å². The molecule has 0 radical (unpaired) electrons. The van der Waals surface area contributed by atoms with Crippen LogP contribution in [0.1, 0.15) is 24.4 Å². The number of nitrogens with two attached hydrogens (primary N) is 1. The van der Waals surface area contributed by atoms with Gasteiger partial charge in [0.2, 0.25) is 0 Å². The smallest absolute Gasteiger partial charge is 0.152 e. The predicted octanol–water partition coefficient (Wildman–Crippen LogP) is 3.80. The number of hydrogen-bond donors (Lipinski definition) is 1. The number of nitrogen functional groups attached to an aromatic ring is 1. The molecule has 3 heterocycles. The van der Waals surface area contributed by atoms with E-state index in [1.807, 2.05) is 12.1 Å². The lowest BCUT2D eigenvalue weighted by molar-refractivity contribution is 0.568. The molecule has 0 spiro atoms. The molecule has 2 aromatic heterocycles. The fourth-order valence-corrected chi connectivity index (χ4v) is 3.23. The summed E-state index contributed by atoms with van der Waals surface area (Å²) < 4.78 is 18.2. The molecular weight excluding hydrogens is 307 g/mol. The largest absolute Gasteiger partial charge is 0.472 e. The van der Waals surface area contributed by atoms with Crippen molar-refractivity contribution in [1.82, 2.24) is 9.97 Å². The van der Waals surface area contributed by atoms with E-state index in [9.17, 15) is 4.39 Å². The maximum atomic E-state index is 13.2. The minimum atomic E-state index is -0.225. The van der Waals surface area contributed by atoms with Crippen LogP contribution in [0.5, 0.6) is 0 Å². The first-order chi connectivity index (χ1) is 11.7. The zero-order valence-electron chi connectivity index (χ0n) is 13.0. The summed E-state index contributed by atoms with van der Waals surface area (Å²) in [5.41, 5.74) is 8.59. The SMILES string of the molecule is Nc1nc(N2CCCC2c2ccc(F)cc2)cnc1-c1ccoc1. The van der Waals surface area contributed by atoms with E-state index in [1.165, 1.54) is 12.1 Å². The average Bonchev–Trinajstić information content (AvgIpc) is 3.27. The van der Waals surface area contributed by atoms with Crippen LogP contribution in [-0.4, -0.2) is 16.5 Å². The Labute approximate surface area is 138 Å². The molecule has 5 nitrogen and oxygen atoms in total. The summed E-state index contributed by atoms with van der Waals surface area (Å²) in [6.07, 6.45) is 6.96. The van der Waals surface area contributed by atoms with Gasteiger partial charge in [0.1, 0.15) is 17.3 Å². The van der Waals surface area contributed by atoms with Gasteiger partial charge < -0.3 is 15.1 Å². The number of hydrogen-bond acceptors (Lipinski definition) is 5. The van der Waals surface area contributed by atoms with Gasteiger partial charge in [0.05, 0.1) is 24.8 Å². The first kappa shape index (κ1) is 14.7. The third kappa shape index (κ3) is 2.60. The summed E-state index contributed by atoms with van der Waals surface area (Å²) >= 11 is 0. The Kier molecular flexibility index (Phi) is 3.65. The van der Waals surface area contributed by atoms with Crippen molar-refractivity contribution in [2.24, 2.45) is 0 Å². The van der Waals surface area contributed by atoms with Gasteiger partial charge in [-0.25, -0.2) is 14.4 Å². The van der Waals surface area contributed by atoms with Gasteiger partial charge in [-0.15, -0.1) is 0 Å². The first-order valence-corrected chi connectivity index (χ1v) is 7.89. The fraction of sp³-hybridized carbons (Fsp3) is 0.222. The van der Waals surface area contributed by atoms with E-state index in [1.54, 1.807) is 24.8 Å². The molecule has 0 saturated carbocycles. The molecule has 4 rings (SSSR count). The quantitative estimate of drug-likeness (QED) is 0.793. The van der Waals surface area contributed by atoms with Crippen LogP contribution in [0.3, 0.4) is 0 Å². The van der Waals surface area contributed by atoms with Crippen molar-refractivity contribution in [3.8, 4) is 11.3 Å². The summed E-state index contributed by atoms with van der Waals surface area (Å²) in [7, 11) is 0. The molecule has 24 heavy (non-hydrogen) atoms. The normalized spacial score (nSPS) is 17.4. The molecule has 1 unspecified atom stereocenters. The van der Waals surface area contributed by atoms with Crippen molar-refractivity contribution in [2.75, 3.05) is 17.2 Å². The van der Waals surface area contributed by atoms with Crippen molar-refractivity contribution in [2.45, 2.75) is 18.9 Å². The Balaban J connectivity index is 1.65. The molecule has 0 amide bonds. The molecule has 1 aliphatic rings. The number of anilines is 2. The number of rotatable bonds is 3. The Morgan fingerprint density at radius 1 is 1.21 bits per heavy atom. The maximum absolute atomic E-state index is 13.2. The molecule has 1 fully saturated rings. The average molecular weight is 324 g/mol. The van der Waals surface area contributed by atoms with Gasteiger partial charge in [-0.1, -0.05) is 12.1 Å². The summed E-state index contributed by atoms with van der Waals surface area (Å²) in [6.45, 7) is 0.876. The van der Waals surface area contributed by atoms with Crippen LogP contribution in [0, 0.1) is 5.82 Å². The van der Waals surface area contributed by atoms with Crippen molar-refractivity contribution >= 4 is 11.6 Å². The summed E-state index contributed by atoms with van der Waals surface area (Å²) in [6, 6.07) is 8.61. The minimum Gasteiger partial charge on any atom is -0.472 e. The van der Waals surface area contributed by atoms with Crippen LogP contribution in [-0.2, 0) is 0 Å². The fourth-order valence-electron chi connectivity index (χ4n) is 3.23. The minimum absolute atomic E-state index is 0.166. The second-order valence-corrected chi connectivity index (χ2v) is 5.88. The highest BCUT2D eigenvalue weighted by Gasteiger charge is 2.28. The van der Waals surface area contributed by atoms with E-state index in [2.05, 4.69) is 14.9 Å². The first-order valence-electron chi connectivity index (χ1n) is 7.89. The molecule has 0 bridgehead atoms. The Morgan fingerprint density at radius 3 is 2.75 bits per heavy atom. The van der Waals surface area contributed by atoms with Crippen LogP contribution in [0.4, 0.5) is 16.0 Å². The zero-order valence-corrected chi connectivity index (χ0v) is 13.0. The summed E-state index contributed by atoms with van der Waals surface area (Å²) in [5, 5.41) is 0. The lowest BCUT2D eigenvalue weighted by atomic mass is 10.0. The lowest BCUT2D eigenvalue weighted by Crippen LogP contribution is -2.24. The molecule has 1 aromatic carbocycles. The highest BCUT2D eigenvalue weighted by Crippen LogP contribution is 2.36. The van der Waals surface area contributed by atoms with Crippen LogP contribution in [0.15, 0.2) is 53.5 Å². The van der Waals surface area contributed by atoms with Gasteiger partial charge in [-0.2, -0.15) is 0 Å². The van der Waals surface area contributed by atoms with Gasteiger partial charge in [0.15, 0.2) is 5.82 Å². The third-order valence-corrected chi connectivity index (χ3v) is 4.38. The number of furan rings is 1. The highest BCUT2D eigenvalue weighted by atomic mass is 19.1. The molecule has 3 aromatic rings. The summed E-state index contributed by atoms with van der Waals surface area (Å²) in [4.78, 5) is 11.2. The Hall–Kier alpha value is -2.89. The molecule has 1 aliphatic heterocycles. The van der Waals surface area contributed by atoms with Crippen LogP contribution >= 0.6 is 0 Å². The number of nitrogens with zero attached hydrogens (tertiary/aromatic N) is 3. The van der Waals surface area contributed by atoms with Crippen molar-refractivity contribution < 1.29 is 8.81 Å². The zero-order chi connectivity index (χ0) is 16.5. The van der Waals surface area contributed by atoms with Gasteiger partial charge >= 0.3 is 0 Å². The second-order valence-electron chi connectivity index (χ2n) is 5.88. The van der Waals surface area contributed by atoms with E-state index in [0.29, 0.717) is 11.5 Å². The predicted molar refractivity (Wildman–Crippen MR) is 89.9 cm³/mol. The van der Waals surface area contributed by atoms with Gasteiger partial charge in [-0.05, 0) is 36.6 Å². The van der Waals surface area contributed by atoms with Crippen LogP contribution < -0.4 is 10.6 Å². The second kappa shape index (κ2) is 5.96. The van der Waals surface area contributed by atoms with Crippen molar-refractivity contribution in [3.63, 3.8) is 0 Å². The highest BCUT2D eigenvalue weighted by molar-refractivity contribution is 5.70. The molecule has 2 N–H and O–H groups in total. The van der Waals surface area contributed by atoms with Crippen LogP contribution in [0.25, 0.3) is 11.3 Å². The molecule has 122 valence electrons.